The molecule has 0 amide bonds. The van der Waals surface area contributed by atoms with Gasteiger partial charge in [0.25, 0.3) is 0 Å². The normalized spacial score (nSPS) is 14.0. The van der Waals surface area contributed by atoms with Crippen LogP contribution < -0.4 is 0 Å². The van der Waals surface area contributed by atoms with Gasteiger partial charge in [0.2, 0.25) is 0 Å². The quantitative estimate of drug-likeness (QED) is 0.643. The summed E-state index contributed by atoms with van der Waals surface area (Å²) in [6.07, 6.45) is 2.21. The fraction of sp³-hybridized carbons (Fsp3) is 0.250. The second-order valence-electron chi connectivity index (χ2n) is 2.75. The molecule has 0 fully saturated rings. The molecule has 0 N–H and O–H groups in total. The minimum Gasteiger partial charge on any atom is -0.249 e. The van der Waals surface area contributed by atoms with Crippen molar-refractivity contribution in [2.75, 3.05) is 0 Å². The lowest BCUT2D eigenvalue weighted by Crippen LogP contribution is -1.99. The molecule has 0 saturated heterocycles. The average molecular weight is 194 g/mol. The number of hydrogen-bond acceptors (Lipinski definition) is 4. The average Bonchev–Trinajstić information content (AvgIpc) is 2.71. The molecule has 1 aliphatic carbocycles. The molecule has 3 rings (SSSR count). The number of nitrogens with zero attached hydrogens (tertiary/aromatic N) is 2. The first-order chi connectivity index (χ1) is 5.95. The van der Waals surface area contributed by atoms with Gasteiger partial charge in [0.1, 0.15) is 0 Å². The van der Waals surface area contributed by atoms with Gasteiger partial charge in [0, 0.05) is 4.88 Å². The van der Waals surface area contributed by atoms with Gasteiger partial charge in [0.15, 0.2) is 0 Å². The van der Waals surface area contributed by atoms with Crippen LogP contribution in [0.25, 0.3) is 10.6 Å². The van der Waals surface area contributed by atoms with Gasteiger partial charge in [0.05, 0.1) is 27.3 Å². The highest BCUT2D eigenvalue weighted by Gasteiger charge is 2.20. The molecule has 0 radical (unpaired) electrons. The Morgan fingerprint density at radius 3 is 3.00 bits per heavy atom. The van der Waals surface area contributed by atoms with Crippen molar-refractivity contribution in [2.24, 2.45) is 0 Å². The summed E-state index contributed by atoms with van der Waals surface area (Å²) in [5, 5.41) is 0. The van der Waals surface area contributed by atoms with Gasteiger partial charge < -0.3 is 0 Å². The lowest BCUT2D eigenvalue weighted by Gasteiger charge is -2.07. The number of aromatic nitrogens is 2. The predicted octanol–water partition coefficient (Wildman–Crippen LogP) is 2.37. The lowest BCUT2D eigenvalue weighted by atomic mass is 10.1. The molecule has 0 aromatic carbocycles. The first-order valence-electron chi connectivity index (χ1n) is 3.80. The number of rotatable bonds is 0. The first-order valence-corrected chi connectivity index (χ1v) is 5.56. The molecular weight excluding hydrogens is 188 g/mol. The number of thiazole rings is 2. The lowest BCUT2D eigenvalue weighted by molar-refractivity contribution is 0.922. The highest BCUT2D eigenvalue weighted by molar-refractivity contribution is 7.14. The van der Waals surface area contributed by atoms with Crippen molar-refractivity contribution in [3.8, 4) is 10.6 Å². The summed E-state index contributed by atoms with van der Waals surface area (Å²) in [5.74, 6) is 0. The van der Waals surface area contributed by atoms with Crippen LogP contribution in [0.4, 0.5) is 0 Å². The van der Waals surface area contributed by atoms with Gasteiger partial charge in [-0.1, -0.05) is 0 Å². The Morgan fingerprint density at radius 1 is 1.08 bits per heavy atom. The van der Waals surface area contributed by atoms with Crippen LogP contribution in [-0.2, 0) is 12.8 Å². The summed E-state index contributed by atoms with van der Waals surface area (Å²) in [4.78, 5) is 11.4. The third-order valence-electron chi connectivity index (χ3n) is 2.09. The second-order valence-corrected chi connectivity index (χ2v) is 4.55. The van der Waals surface area contributed by atoms with Crippen LogP contribution in [0.5, 0.6) is 0 Å². The third kappa shape index (κ3) is 0.791. The zero-order valence-electron chi connectivity index (χ0n) is 6.28. The summed E-state index contributed by atoms with van der Waals surface area (Å²) in [6.45, 7) is 0. The van der Waals surface area contributed by atoms with Gasteiger partial charge in [-0.2, -0.15) is 0 Å². The monoisotopic (exact) mass is 194 g/mol. The van der Waals surface area contributed by atoms with E-state index in [4.69, 9.17) is 0 Å². The van der Waals surface area contributed by atoms with Gasteiger partial charge in [-0.25, -0.2) is 9.97 Å². The van der Waals surface area contributed by atoms with Crippen molar-refractivity contribution in [2.45, 2.75) is 12.8 Å². The fourth-order valence-corrected chi connectivity index (χ4v) is 3.20. The molecule has 0 spiro atoms. The van der Waals surface area contributed by atoms with Crippen molar-refractivity contribution in [1.82, 2.24) is 9.97 Å². The molecule has 2 aromatic rings. The summed E-state index contributed by atoms with van der Waals surface area (Å²) in [7, 11) is 0. The largest absolute Gasteiger partial charge is 0.249 e. The smallest absolute Gasteiger partial charge is 0.0962 e. The summed E-state index contributed by atoms with van der Waals surface area (Å²) < 4.78 is 0. The van der Waals surface area contributed by atoms with E-state index in [1.165, 1.54) is 21.1 Å². The molecule has 0 aliphatic heterocycles. The molecule has 2 heterocycles. The highest BCUT2D eigenvalue weighted by Crippen LogP contribution is 2.36. The molecule has 0 atom stereocenters. The highest BCUT2D eigenvalue weighted by atomic mass is 32.1. The molecule has 60 valence electrons. The zero-order chi connectivity index (χ0) is 7.97. The van der Waals surface area contributed by atoms with E-state index >= 15 is 0 Å². The van der Waals surface area contributed by atoms with E-state index in [9.17, 15) is 0 Å². The molecule has 0 unspecified atom stereocenters. The van der Waals surface area contributed by atoms with E-state index in [1.807, 2.05) is 11.0 Å². The minimum absolute atomic E-state index is 1.09. The standard InChI is InChI=1S/C8H6N2S2/c1-2-6-7(10-4-11-6)8-5(1)9-3-12-8/h3-4H,1-2H2. The van der Waals surface area contributed by atoms with Crippen LogP contribution in [0.2, 0.25) is 0 Å². The minimum atomic E-state index is 1.09. The van der Waals surface area contributed by atoms with Gasteiger partial charge >= 0.3 is 0 Å². The van der Waals surface area contributed by atoms with E-state index < -0.39 is 0 Å². The zero-order valence-corrected chi connectivity index (χ0v) is 7.91. The summed E-state index contributed by atoms with van der Waals surface area (Å²) in [6, 6.07) is 0. The van der Waals surface area contributed by atoms with Crippen molar-refractivity contribution < 1.29 is 0 Å². The van der Waals surface area contributed by atoms with Gasteiger partial charge in [-0.3, -0.25) is 0 Å². The summed E-state index contributed by atoms with van der Waals surface area (Å²) >= 11 is 3.47. The van der Waals surface area contributed by atoms with Crippen LogP contribution in [0.1, 0.15) is 10.6 Å². The van der Waals surface area contributed by atoms with Crippen molar-refractivity contribution in [3.05, 3.63) is 21.6 Å². The topological polar surface area (TPSA) is 25.8 Å². The Morgan fingerprint density at radius 2 is 2.00 bits per heavy atom. The van der Waals surface area contributed by atoms with Crippen molar-refractivity contribution >= 4 is 22.7 Å². The van der Waals surface area contributed by atoms with E-state index in [1.54, 1.807) is 22.7 Å². The predicted molar refractivity (Wildman–Crippen MR) is 50.6 cm³/mol. The van der Waals surface area contributed by atoms with Crippen LogP contribution in [0.15, 0.2) is 11.0 Å². The van der Waals surface area contributed by atoms with Crippen LogP contribution in [0, 0.1) is 0 Å². The van der Waals surface area contributed by atoms with Crippen LogP contribution >= 0.6 is 22.7 Å². The Labute approximate surface area is 77.9 Å². The van der Waals surface area contributed by atoms with Crippen LogP contribution in [0.3, 0.4) is 0 Å². The fourth-order valence-electron chi connectivity index (χ4n) is 1.50. The van der Waals surface area contributed by atoms with Crippen molar-refractivity contribution in [3.63, 3.8) is 0 Å². The maximum atomic E-state index is 4.36. The molecular formula is C8H6N2S2. The maximum Gasteiger partial charge on any atom is 0.0962 e. The first kappa shape index (κ1) is 6.74. The number of fused-ring (bicyclic) bond motifs is 3. The molecule has 12 heavy (non-hydrogen) atoms. The molecule has 2 nitrogen and oxygen atoms in total. The Kier molecular flexibility index (Phi) is 1.33. The Hall–Kier alpha value is -0.740. The summed E-state index contributed by atoms with van der Waals surface area (Å²) in [5.41, 5.74) is 6.26. The molecule has 4 heteroatoms. The third-order valence-corrected chi connectivity index (χ3v) is 3.85. The second kappa shape index (κ2) is 2.37. The molecule has 2 aromatic heterocycles. The van der Waals surface area contributed by atoms with Gasteiger partial charge in [-0.05, 0) is 12.8 Å². The van der Waals surface area contributed by atoms with E-state index in [0.717, 1.165) is 12.8 Å². The van der Waals surface area contributed by atoms with E-state index in [-0.39, 0.29) is 0 Å². The Balaban J connectivity index is 2.32. The Bertz CT molecular complexity index is 376. The van der Waals surface area contributed by atoms with E-state index in [0.29, 0.717) is 0 Å². The molecule has 0 saturated carbocycles. The maximum absolute atomic E-state index is 4.36. The van der Waals surface area contributed by atoms with E-state index in [2.05, 4.69) is 9.97 Å². The van der Waals surface area contributed by atoms with Gasteiger partial charge in [-0.15, -0.1) is 22.7 Å². The number of hydrogen-bond donors (Lipinski definition) is 0. The molecule has 0 bridgehead atoms. The SMILES string of the molecule is c1nc2c(s1)CCc1ncsc1-2. The van der Waals surface area contributed by atoms with Crippen molar-refractivity contribution in [1.29, 1.82) is 0 Å². The number of aryl methyl sites for hydroxylation is 2. The molecule has 1 aliphatic rings. The van der Waals surface area contributed by atoms with Crippen LogP contribution in [-0.4, -0.2) is 9.97 Å².